The molecule has 0 aliphatic carbocycles. The number of carboxylic acid groups (broad SMARTS) is 1. The second-order valence-electron chi connectivity index (χ2n) is 7.50. The molecular weight excluding hydrogens is 455 g/mol. The first-order chi connectivity index (χ1) is 15.9. The van der Waals surface area contributed by atoms with Crippen molar-refractivity contribution >= 4 is 33.8 Å². The highest BCUT2D eigenvalue weighted by Crippen LogP contribution is 2.33. The number of carboxylic acids is 1. The van der Waals surface area contributed by atoms with E-state index in [-0.39, 0.29) is 13.0 Å². The molecule has 2 aromatic rings. The van der Waals surface area contributed by atoms with Gasteiger partial charge in [0.15, 0.2) is 29.0 Å². The summed E-state index contributed by atoms with van der Waals surface area (Å²) in [7, 11) is -0.392. The molecule has 0 amide bonds. The maximum absolute atomic E-state index is 12.5. The molecule has 1 aliphatic heterocycles. The number of ether oxygens (including phenoxy) is 1. The number of fused-ring (bicyclic) bond motifs is 1. The molecule has 2 aromatic heterocycles. The molecule has 11 nitrogen and oxygen atoms in total. The first-order valence-electron chi connectivity index (χ1n) is 10.4. The van der Waals surface area contributed by atoms with Gasteiger partial charge in [-0.2, -0.15) is 0 Å². The third-order valence-corrected chi connectivity index (χ3v) is 7.41. The van der Waals surface area contributed by atoms with E-state index in [9.17, 15) is 19.4 Å². The van der Waals surface area contributed by atoms with Crippen molar-refractivity contribution in [2.75, 3.05) is 35.8 Å². The lowest BCUT2D eigenvalue weighted by molar-refractivity contribution is -0.138. The Morgan fingerprint density at radius 3 is 2.88 bits per heavy atom. The number of halogens is 1. The molecule has 0 radical (unpaired) electrons. The minimum atomic E-state index is -1.24. The molecule has 0 bridgehead atoms. The normalized spacial score (nSPS) is 24.3. The van der Waals surface area contributed by atoms with Crippen LogP contribution in [0.15, 0.2) is 12.7 Å². The number of hydrogen-bond acceptors (Lipinski definition) is 9. The zero-order valence-corrected chi connectivity index (χ0v) is 18.9. The lowest BCUT2D eigenvalue weighted by Gasteiger charge is -2.16. The van der Waals surface area contributed by atoms with Crippen molar-refractivity contribution in [3.05, 3.63) is 12.7 Å². The van der Waals surface area contributed by atoms with Crippen LogP contribution in [0.25, 0.3) is 11.2 Å². The van der Waals surface area contributed by atoms with Crippen LogP contribution < -0.4 is 11.1 Å². The van der Waals surface area contributed by atoms with E-state index < -0.39 is 54.1 Å². The fourth-order valence-corrected chi connectivity index (χ4v) is 5.57. The number of anilines is 1. The van der Waals surface area contributed by atoms with Crippen LogP contribution in [-0.4, -0.2) is 95.6 Å². The Morgan fingerprint density at radius 2 is 2.18 bits per heavy atom. The molecule has 6 N–H and O–H groups in total. The van der Waals surface area contributed by atoms with Crippen LogP contribution in [0.2, 0.25) is 0 Å². The molecule has 0 spiro atoms. The van der Waals surface area contributed by atoms with Gasteiger partial charge in [0.05, 0.1) is 6.33 Å². The van der Waals surface area contributed by atoms with Crippen molar-refractivity contribution < 1.29 is 29.2 Å². The Kier molecular flexibility index (Phi) is 8.81. The van der Waals surface area contributed by atoms with Gasteiger partial charge in [0.1, 0.15) is 48.9 Å². The number of aromatic nitrogens is 4. The van der Waals surface area contributed by atoms with Gasteiger partial charge < -0.3 is 31.1 Å². The van der Waals surface area contributed by atoms with E-state index in [4.69, 9.17) is 15.6 Å². The van der Waals surface area contributed by atoms with E-state index in [1.54, 1.807) is 6.92 Å². The number of aliphatic hydroxyl groups excluding tert-OH is 2. The van der Waals surface area contributed by atoms with Gasteiger partial charge >= 0.3 is 5.97 Å². The summed E-state index contributed by atoms with van der Waals surface area (Å²) in [6.45, 7) is 1.21. The molecule has 180 valence electrons. The average molecular weight is 484 g/mol. The summed E-state index contributed by atoms with van der Waals surface area (Å²) >= 11 is 0. The lowest BCUT2D eigenvalue weighted by Crippen LogP contribution is -2.38. The molecule has 1 aliphatic rings. The SMILES string of the molecule is CC#CC[S+](CC[C@H](N)C(=O)O)CC1OC(n2cnc3c(NCCF)ncnc32)C(O)C1O. The highest BCUT2D eigenvalue weighted by molar-refractivity contribution is 7.97. The topological polar surface area (TPSA) is 169 Å². The molecule has 5 unspecified atom stereocenters. The first-order valence-corrected chi connectivity index (χ1v) is 12.1. The molecule has 0 aromatic carbocycles. The highest BCUT2D eigenvalue weighted by atomic mass is 32.2. The smallest absolute Gasteiger partial charge is 0.320 e. The van der Waals surface area contributed by atoms with Crippen molar-refractivity contribution in [1.82, 2.24) is 19.5 Å². The van der Waals surface area contributed by atoms with Crippen LogP contribution in [0.5, 0.6) is 0 Å². The Balaban J connectivity index is 1.75. The van der Waals surface area contributed by atoms with Crippen molar-refractivity contribution in [2.24, 2.45) is 5.73 Å². The summed E-state index contributed by atoms with van der Waals surface area (Å²) < 4.78 is 20.1. The Morgan fingerprint density at radius 1 is 1.39 bits per heavy atom. The maximum Gasteiger partial charge on any atom is 0.320 e. The molecule has 0 saturated carbocycles. The van der Waals surface area contributed by atoms with E-state index in [1.807, 2.05) is 0 Å². The van der Waals surface area contributed by atoms with Gasteiger partial charge in [0, 0.05) is 23.9 Å². The molecule has 1 fully saturated rings. The molecule has 3 rings (SSSR count). The summed E-state index contributed by atoms with van der Waals surface area (Å²) in [5.41, 5.74) is 6.39. The van der Waals surface area contributed by atoms with Gasteiger partial charge in [-0.3, -0.25) is 9.36 Å². The second kappa shape index (κ2) is 11.6. The number of rotatable bonds is 11. The molecular formula is C20H28FN6O5S+. The Bertz CT molecular complexity index is 1010. The van der Waals surface area contributed by atoms with Gasteiger partial charge in [0.2, 0.25) is 0 Å². The standard InChI is InChI=1S/C20H27FN6O5S/c1-2-3-7-33(8-4-12(22)20(30)31)9-13-15(28)16(29)19(32-13)27-11-26-14-17(23-6-5-21)24-10-25-18(14)27/h10-13,15-16,19,28-29H,4-9,22H2,1H3,(H-,23,24,25,30,31)/p+1/t12-,13?,15?,16?,19?,33?/m0/s1. The summed E-state index contributed by atoms with van der Waals surface area (Å²) in [6.07, 6.45) is -1.06. The van der Waals surface area contributed by atoms with Gasteiger partial charge in [-0.15, -0.1) is 5.92 Å². The van der Waals surface area contributed by atoms with Gasteiger partial charge in [-0.05, 0) is 12.8 Å². The van der Waals surface area contributed by atoms with Gasteiger partial charge in [-0.25, -0.2) is 19.3 Å². The molecule has 3 heterocycles. The molecule has 13 heteroatoms. The van der Waals surface area contributed by atoms with E-state index in [2.05, 4.69) is 32.1 Å². The van der Waals surface area contributed by atoms with Crippen molar-refractivity contribution in [3.8, 4) is 11.8 Å². The number of aliphatic carboxylic acids is 1. The third-order valence-electron chi connectivity index (χ3n) is 5.24. The van der Waals surface area contributed by atoms with Gasteiger partial charge in [-0.1, -0.05) is 0 Å². The summed E-state index contributed by atoms with van der Waals surface area (Å²) in [5, 5.41) is 33.2. The number of aliphatic hydroxyl groups is 2. The first kappa shape index (κ1) is 25.1. The number of carbonyl (C=O) groups is 1. The van der Waals surface area contributed by atoms with E-state index in [0.717, 1.165) is 0 Å². The average Bonchev–Trinajstić information content (AvgIpc) is 3.35. The minimum absolute atomic E-state index is 0.0663. The number of imidazole rings is 1. The highest BCUT2D eigenvalue weighted by Gasteiger charge is 2.47. The predicted octanol–water partition coefficient (Wildman–Crippen LogP) is -0.729. The quantitative estimate of drug-likeness (QED) is 0.203. The zero-order chi connectivity index (χ0) is 24.0. The monoisotopic (exact) mass is 483 g/mol. The number of nitrogens with one attached hydrogen (secondary N) is 1. The van der Waals surface area contributed by atoms with Crippen molar-refractivity contribution in [1.29, 1.82) is 0 Å². The number of nitrogens with two attached hydrogens (primary N) is 1. The van der Waals surface area contributed by atoms with Crippen LogP contribution in [0, 0.1) is 11.8 Å². The molecule has 6 atom stereocenters. The van der Waals surface area contributed by atoms with E-state index in [0.29, 0.717) is 34.2 Å². The fourth-order valence-electron chi connectivity index (χ4n) is 3.47. The predicted molar refractivity (Wildman–Crippen MR) is 121 cm³/mol. The largest absolute Gasteiger partial charge is 0.480 e. The zero-order valence-electron chi connectivity index (χ0n) is 18.1. The van der Waals surface area contributed by atoms with Crippen LogP contribution in [0.1, 0.15) is 19.6 Å². The minimum Gasteiger partial charge on any atom is -0.480 e. The number of alkyl halides is 1. The fraction of sp³-hybridized carbons (Fsp3) is 0.600. The van der Waals surface area contributed by atoms with Crippen molar-refractivity contribution in [2.45, 2.75) is 43.9 Å². The number of hydrogen-bond donors (Lipinski definition) is 5. The third kappa shape index (κ3) is 5.90. The van der Waals surface area contributed by atoms with Crippen LogP contribution in [0.3, 0.4) is 0 Å². The van der Waals surface area contributed by atoms with Crippen molar-refractivity contribution in [3.63, 3.8) is 0 Å². The second-order valence-corrected chi connectivity index (χ2v) is 9.75. The van der Waals surface area contributed by atoms with E-state index in [1.165, 1.54) is 17.2 Å². The number of nitrogens with zero attached hydrogens (tertiary/aromatic N) is 4. The van der Waals surface area contributed by atoms with E-state index >= 15 is 0 Å². The Labute approximate surface area is 192 Å². The van der Waals surface area contributed by atoms with Gasteiger partial charge in [0.25, 0.3) is 0 Å². The summed E-state index contributed by atoms with van der Waals surface area (Å²) in [4.78, 5) is 23.6. The van der Waals surface area contributed by atoms with Crippen LogP contribution in [-0.2, 0) is 20.4 Å². The van der Waals surface area contributed by atoms with Crippen LogP contribution in [0.4, 0.5) is 10.2 Å². The van der Waals surface area contributed by atoms with Crippen LogP contribution >= 0.6 is 0 Å². The lowest BCUT2D eigenvalue weighted by atomic mass is 10.1. The summed E-state index contributed by atoms with van der Waals surface area (Å²) in [5.74, 6) is 6.53. The summed E-state index contributed by atoms with van der Waals surface area (Å²) in [6, 6.07) is -0.973. The Hall–Kier alpha value is -2.50. The molecule has 1 saturated heterocycles. The molecule has 33 heavy (non-hydrogen) atoms. The maximum atomic E-state index is 12.5.